The van der Waals surface area contributed by atoms with E-state index in [2.05, 4.69) is 22.6 Å². The molecule has 3 atom stereocenters. The van der Waals surface area contributed by atoms with Crippen molar-refractivity contribution < 1.29 is 19.1 Å². The number of amides is 2. The number of fused-ring (bicyclic) bond motifs is 3. The van der Waals surface area contributed by atoms with Crippen LogP contribution >= 0.6 is 0 Å². The Morgan fingerprint density at radius 1 is 1.25 bits per heavy atom. The van der Waals surface area contributed by atoms with Gasteiger partial charge >= 0.3 is 12.0 Å². The number of anilines is 1. The Kier molecular flexibility index (Phi) is 3.90. The van der Waals surface area contributed by atoms with Crippen molar-refractivity contribution in [2.45, 2.75) is 37.6 Å². The highest BCUT2D eigenvalue weighted by atomic mass is 16.5. The second-order valence-electron chi connectivity index (χ2n) is 6.69. The standard InChI is InChI=1S/C17H21N3O4/c1-20-12-5-11(6-13(20)9-23-8-12)18-17(22)19-14-4-2-3-10-7-24-16(21)15(10)14/h2-4,11-13H,5-9H2,1H3,(H2,18,19,22)/t11?,12-,13+. The molecule has 2 bridgehead atoms. The molecule has 128 valence electrons. The molecule has 0 saturated carbocycles. The highest BCUT2D eigenvalue weighted by Gasteiger charge is 2.37. The van der Waals surface area contributed by atoms with Crippen LogP contribution < -0.4 is 10.6 Å². The Morgan fingerprint density at radius 3 is 2.75 bits per heavy atom. The summed E-state index contributed by atoms with van der Waals surface area (Å²) in [5, 5.41) is 5.84. The summed E-state index contributed by atoms with van der Waals surface area (Å²) in [6.07, 6.45) is 1.74. The van der Waals surface area contributed by atoms with Gasteiger partial charge in [-0.15, -0.1) is 0 Å². The van der Waals surface area contributed by atoms with E-state index in [4.69, 9.17) is 9.47 Å². The van der Waals surface area contributed by atoms with Gasteiger partial charge in [0.1, 0.15) is 6.61 Å². The van der Waals surface area contributed by atoms with Crippen molar-refractivity contribution in [2.75, 3.05) is 25.6 Å². The molecule has 1 aromatic rings. The van der Waals surface area contributed by atoms with E-state index < -0.39 is 0 Å². The average molecular weight is 331 g/mol. The number of hydrogen-bond donors (Lipinski definition) is 2. The van der Waals surface area contributed by atoms with Crippen molar-refractivity contribution in [3.63, 3.8) is 0 Å². The molecule has 0 radical (unpaired) electrons. The molecule has 2 fully saturated rings. The van der Waals surface area contributed by atoms with Gasteiger partial charge in [-0.2, -0.15) is 0 Å². The maximum atomic E-state index is 12.4. The molecular formula is C17H21N3O4. The number of cyclic esters (lactones) is 1. The Morgan fingerprint density at radius 2 is 2.00 bits per heavy atom. The van der Waals surface area contributed by atoms with Crippen molar-refractivity contribution in [1.82, 2.24) is 10.2 Å². The molecule has 2 N–H and O–H groups in total. The second kappa shape index (κ2) is 6.07. The number of hydrogen-bond acceptors (Lipinski definition) is 5. The molecule has 3 aliphatic heterocycles. The van der Waals surface area contributed by atoms with Crippen LogP contribution in [-0.2, 0) is 16.1 Å². The monoisotopic (exact) mass is 331 g/mol. The third kappa shape index (κ3) is 2.74. The average Bonchev–Trinajstić information content (AvgIpc) is 2.91. The summed E-state index contributed by atoms with van der Waals surface area (Å²) >= 11 is 0. The topological polar surface area (TPSA) is 79.9 Å². The number of rotatable bonds is 2. The molecule has 3 heterocycles. The number of ether oxygens (including phenoxy) is 2. The number of nitrogens with zero attached hydrogens (tertiary/aromatic N) is 1. The fraction of sp³-hybridized carbons (Fsp3) is 0.529. The van der Waals surface area contributed by atoms with E-state index in [1.807, 2.05) is 12.1 Å². The Hall–Kier alpha value is -2.12. The molecule has 0 aliphatic carbocycles. The highest BCUT2D eigenvalue weighted by molar-refractivity contribution is 6.03. The van der Waals surface area contributed by atoms with Crippen LogP contribution in [-0.4, -0.2) is 55.3 Å². The third-order valence-corrected chi connectivity index (χ3v) is 5.18. The number of benzene rings is 1. The van der Waals surface area contributed by atoms with Gasteiger partial charge in [0, 0.05) is 23.7 Å². The predicted molar refractivity (Wildman–Crippen MR) is 86.9 cm³/mol. The van der Waals surface area contributed by atoms with Gasteiger partial charge in [-0.1, -0.05) is 12.1 Å². The van der Waals surface area contributed by atoms with Crippen molar-refractivity contribution in [1.29, 1.82) is 0 Å². The van der Waals surface area contributed by atoms with Gasteiger partial charge in [0.25, 0.3) is 0 Å². The normalized spacial score (nSPS) is 28.9. The minimum Gasteiger partial charge on any atom is -0.457 e. The van der Waals surface area contributed by atoms with E-state index >= 15 is 0 Å². The van der Waals surface area contributed by atoms with Crippen LogP contribution in [0.2, 0.25) is 0 Å². The molecular weight excluding hydrogens is 310 g/mol. The van der Waals surface area contributed by atoms with Gasteiger partial charge in [0.05, 0.1) is 24.5 Å². The molecule has 1 aromatic carbocycles. The Bertz CT molecular complexity index is 664. The Balaban J connectivity index is 1.41. The predicted octanol–water partition coefficient (Wildman–Crippen LogP) is 1.34. The van der Waals surface area contributed by atoms with Gasteiger partial charge in [0.2, 0.25) is 0 Å². The fourth-order valence-corrected chi connectivity index (χ4v) is 3.84. The van der Waals surface area contributed by atoms with Crippen molar-refractivity contribution in [3.05, 3.63) is 29.3 Å². The van der Waals surface area contributed by atoms with Crippen molar-refractivity contribution in [2.24, 2.45) is 0 Å². The number of carbonyl (C=O) groups is 2. The van der Waals surface area contributed by atoms with E-state index in [0.29, 0.717) is 36.5 Å². The summed E-state index contributed by atoms with van der Waals surface area (Å²) in [4.78, 5) is 26.5. The number of nitrogens with one attached hydrogen (secondary N) is 2. The summed E-state index contributed by atoms with van der Waals surface area (Å²) in [5.74, 6) is -0.383. The first-order valence-corrected chi connectivity index (χ1v) is 8.28. The lowest BCUT2D eigenvalue weighted by molar-refractivity contribution is -0.0666. The van der Waals surface area contributed by atoms with Crippen LogP contribution in [0.5, 0.6) is 0 Å². The first kappa shape index (κ1) is 15.4. The Labute approximate surface area is 140 Å². The quantitative estimate of drug-likeness (QED) is 0.800. The number of piperidine rings is 1. The lowest BCUT2D eigenvalue weighted by Gasteiger charge is -2.46. The maximum Gasteiger partial charge on any atom is 0.341 e. The maximum absolute atomic E-state index is 12.4. The highest BCUT2D eigenvalue weighted by Crippen LogP contribution is 2.28. The summed E-state index contributed by atoms with van der Waals surface area (Å²) in [7, 11) is 2.12. The van der Waals surface area contributed by atoms with E-state index in [-0.39, 0.29) is 24.6 Å². The molecule has 3 aliphatic rings. The number of carbonyl (C=O) groups excluding carboxylic acids is 2. The SMILES string of the molecule is CN1[C@@H]2COC[C@H]1CC(NC(=O)Nc1cccc3c1C(=O)OC3)C2. The molecule has 2 saturated heterocycles. The zero-order valence-corrected chi connectivity index (χ0v) is 13.6. The molecule has 2 amide bonds. The summed E-state index contributed by atoms with van der Waals surface area (Å²) in [6, 6.07) is 5.90. The van der Waals surface area contributed by atoms with Crippen LogP contribution in [0, 0.1) is 0 Å². The molecule has 0 aromatic heterocycles. The van der Waals surface area contributed by atoms with E-state index in [1.54, 1.807) is 6.07 Å². The van der Waals surface area contributed by atoms with Crippen molar-refractivity contribution in [3.8, 4) is 0 Å². The lowest BCUT2D eigenvalue weighted by atomic mass is 9.91. The molecule has 0 spiro atoms. The smallest absolute Gasteiger partial charge is 0.341 e. The first-order valence-electron chi connectivity index (χ1n) is 8.28. The van der Waals surface area contributed by atoms with E-state index in [0.717, 1.165) is 18.4 Å². The van der Waals surface area contributed by atoms with Crippen LogP contribution in [0.3, 0.4) is 0 Å². The van der Waals surface area contributed by atoms with Crippen LogP contribution in [0.4, 0.5) is 10.5 Å². The minimum absolute atomic E-state index is 0.115. The van der Waals surface area contributed by atoms with Crippen LogP contribution in [0.15, 0.2) is 18.2 Å². The number of likely N-dealkylation sites (N-methyl/N-ethyl adjacent to an activating group) is 1. The first-order chi connectivity index (χ1) is 11.6. The molecule has 7 nitrogen and oxygen atoms in total. The summed E-state index contributed by atoms with van der Waals surface area (Å²) in [5.41, 5.74) is 1.77. The molecule has 1 unspecified atom stereocenters. The largest absolute Gasteiger partial charge is 0.457 e. The molecule has 7 heteroatoms. The van der Waals surface area contributed by atoms with Gasteiger partial charge in [-0.05, 0) is 26.0 Å². The van der Waals surface area contributed by atoms with Crippen LogP contribution in [0.1, 0.15) is 28.8 Å². The van der Waals surface area contributed by atoms with Crippen molar-refractivity contribution >= 4 is 17.7 Å². The van der Waals surface area contributed by atoms with E-state index in [1.165, 1.54) is 0 Å². The molecule has 4 rings (SSSR count). The van der Waals surface area contributed by atoms with Gasteiger partial charge in [0.15, 0.2) is 0 Å². The number of morpholine rings is 1. The van der Waals surface area contributed by atoms with E-state index in [9.17, 15) is 9.59 Å². The third-order valence-electron chi connectivity index (χ3n) is 5.18. The number of esters is 1. The zero-order chi connectivity index (χ0) is 16.7. The fourth-order valence-electron chi connectivity index (χ4n) is 3.84. The number of urea groups is 1. The van der Waals surface area contributed by atoms with Crippen LogP contribution in [0.25, 0.3) is 0 Å². The van der Waals surface area contributed by atoms with Gasteiger partial charge < -0.3 is 20.1 Å². The zero-order valence-electron chi connectivity index (χ0n) is 13.6. The van der Waals surface area contributed by atoms with Gasteiger partial charge in [-0.25, -0.2) is 9.59 Å². The molecule has 24 heavy (non-hydrogen) atoms. The minimum atomic E-state index is -0.383. The van der Waals surface area contributed by atoms with Gasteiger partial charge in [-0.3, -0.25) is 4.90 Å². The second-order valence-corrected chi connectivity index (χ2v) is 6.69. The lowest BCUT2D eigenvalue weighted by Crippen LogP contribution is -2.59. The summed E-state index contributed by atoms with van der Waals surface area (Å²) in [6.45, 7) is 1.69. The summed E-state index contributed by atoms with van der Waals surface area (Å²) < 4.78 is 10.6.